The third-order valence-electron chi connectivity index (χ3n) is 12.3. The maximum Gasteiger partial charge on any atom is 0.425 e. The highest BCUT2D eigenvalue weighted by atomic mass is 32.2. The molecule has 0 amide bonds. The molecule has 6 aromatic rings. The first-order valence-electron chi connectivity index (χ1n) is 22.5. The van der Waals surface area contributed by atoms with Crippen LogP contribution in [0.15, 0.2) is 210 Å². The van der Waals surface area contributed by atoms with E-state index in [4.69, 9.17) is 12.6 Å². The molecule has 1 saturated carbocycles. The molecule has 0 saturated heterocycles. The van der Waals surface area contributed by atoms with Crippen LogP contribution in [0.4, 0.5) is 0 Å². The molecule has 75 heavy (non-hydrogen) atoms. The molecule has 2 atom stereocenters. The lowest BCUT2D eigenvalue weighted by Gasteiger charge is -2.28. The van der Waals surface area contributed by atoms with E-state index in [1.54, 1.807) is 59.5 Å². The molecule has 1 aliphatic heterocycles. The van der Waals surface area contributed by atoms with Gasteiger partial charge in [0.2, 0.25) is 21.1 Å². The van der Waals surface area contributed by atoms with Gasteiger partial charge in [0.05, 0.1) is 21.1 Å². The molecule has 1 fully saturated rings. The van der Waals surface area contributed by atoms with Crippen molar-refractivity contribution in [3.8, 4) is 21.6 Å². The highest BCUT2D eigenvalue weighted by Crippen LogP contribution is 2.54. The van der Waals surface area contributed by atoms with Gasteiger partial charge in [-0.05, 0) is 155 Å². The molecule has 3 N–H and O–H groups in total. The zero-order valence-electron chi connectivity index (χ0n) is 38.9. The Morgan fingerprint density at radius 1 is 0.667 bits per heavy atom. The molecule has 5 aromatic carbocycles. The predicted octanol–water partition coefficient (Wildman–Crippen LogP) is 11.6. The molecule has 9 rings (SSSR count). The summed E-state index contributed by atoms with van der Waals surface area (Å²) in [5.41, 5.74) is 7.63. The standard InChI is InChI=1S/C54H42O11S6.O3S/c55-53(56)28-34-6-16-43(17-7-34)68-54-49(26-18-44-30-41(32-51(66-44)37-4-2-1-3-5-37)35-10-20-46(21-11-35)69(57,58)59)39-8-9-40(29-39)50(54)27-19-45-31-42(36-12-22-47(23-13-36)70(60,61)62)33-52(67-45)38-14-24-48(25-15-38)71(63,64)65;1-4(2)3/h1-7,10-27,30-33,39-40H,8-9,28-29H2,(H3-,55,56,57,58,59,60,61,62,63,64,65);. The number of benzene rings is 5. The van der Waals surface area contributed by atoms with Gasteiger partial charge in [0, 0.05) is 43.4 Å². The van der Waals surface area contributed by atoms with Crippen LogP contribution in [0.1, 0.15) is 40.8 Å². The van der Waals surface area contributed by atoms with Gasteiger partial charge in [-0.25, -0.2) is 8.42 Å². The Morgan fingerprint density at radius 3 is 1.83 bits per heavy atom. The number of hydrogen-bond donors (Lipinski definition) is 3. The maximum absolute atomic E-state index is 11.9. The smallest absolute Gasteiger partial charge is 0.425 e. The summed E-state index contributed by atoms with van der Waals surface area (Å²) in [6.07, 6.45) is 15.1. The van der Waals surface area contributed by atoms with E-state index in [2.05, 4.69) is 24.3 Å². The number of fused-ring (bicyclic) bond motifs is 2. The summed E-state index contributed by atoms with van der Waals surface area (Å²) in [5.74, 6) is -0.441. The fourth-order valence-corrected chi connectivity index (χ4v) is 13.5. The third kappa shape index (κ3) is 14.3. The van der Waals surface area contributed by atoms with Gasteiger partial charge in [-0.1, -0.05) is 102 Å². The average molecular weight is 1140 g/mol. The van der Waals surface area contributed by atoms with Gasteiger partial charge in [0.1, 0.15) is 10.1 Å². The van der Waals surface area contributed by atoms with E-state index in [9.17, 15) is 48.8 Å². The lowest BCUT2D eigenvalue weighted by Crippen LogP contribution is -2.12. The molecule has 2 unspecified atom stereocenters. The summed E-state index contributed by atoms with van der Waals surface area (Å²) >= 11 is 4.69. The number of hydrogen-bond acceptors (Lipinski definition) is 13. The van der Waals surface area contributed by atoms with Gasteiger partial charge in [0.25, 0.3) is 20.2 Å². The van der Waals surface area contributed by atoms with E-state index in [-0.39, 0.29) is 32.9 Å². The number of carboxylic acid groups (broad SMARTS) is 1. The Bertz CT molecular complexity index is 3840. The SMILES string of the molecule is O=C(O)Cc1ccc(SC2=C(/C=C/c3cc(-c4ccc(S(=O)(=O)[O-])cc4)cc(-c4ccccc4)[s+]3)C3CCC(C3)/C2=C\C=C2/C=C(c3ccc(S(=O)(=O)O)cc3)C=C(c3ccc(S(=O)(=O)O)cc3)S2)cc1.O=S(=O)=O. The van der Waals surface area contributed by atoms with Gasteiger partial charge >= 0.3 is 16.6 Å². The van der Waals surface area contributed by atoms with Crippen LogP contribution in [-0.2, 0) is 52.2 Å². The molecular weight excluding hydrogens is 1100 g/mol. The van der Waals surface area contributed by atoms with Crippen LogP contribution >= 0.6 is 34.9 Å². The fraction of sp³-hybridized carbons (Fsp3) is 0.111. The molecule has 2 heterocycles. The van der Waals surface area contributed by atoms with Crippen molar-refractivity contribution in [3.63, 3.8) is 0 Å². The Hall–Kier alpha value is -6.37. The van der Waals surface area contributed by atoms with Gasteiger partial charge in [-0.2, -0.15) is 16.8 Å². The van der Waals surface area contributed by atoms with Crippen molar-refractivity contribution in [3.05, 3.63) is 212 Å². The van der Waals surface area contributed by atoms with Crippen molar-refractivity contribution in [2.24, 2.45) is 11.8 Å². The topological polar surface area (TPSA) is 254 Å². The highest BCUT2D eigenvalue weighted by Gasteiger charge is 2.37. The predicted molar refractivity (Wildman–Crippen MR) is 290 cm³/mol. The van der Waals surface area contributed by atoms with Crippen molar-refractivity contribution in [2.75, 3.05) is 0 Å². The number of carbonyl (C=O) groups is 1. The number of rotatable bonds is 14. The minimum atomic E-state index is -4.63. The van der Waals surface area contributed by atoms with Crippen LogP contribution in [0.25, 0.3) is 38.1 Å². The van der Waals surface area contributed by atoms with E-state index >= 15 is 0 Å². The molecule has 0 radical (unpaired) electrons. The van der Waals surface area contributed by atoms with E-state index in [0.29, 0.717) is 16.7 Å². The quantitative estimate of drug-likeness (QED) is 0.0677. The number of carboxylic acids is 1. The van der Waals surface area contributed by atoms with Gasteiger partial charge in [-0.15, -0.1) is 12.6 Å². The summed E-state index contributed by atoms with van der Waals surface area (Å²) in [6, 6.07) is 39.2. The Labute approximate surface area is 447 Å². The molecular formula is C54H42O14S7. The van der Waals surface area contributed by atoms with Crippen molar-refractivity contribution < 1.29 is 61.4 Å². The molecule has 14 nitrogen and oxygen atoms in total. The second-order valence-electron chi connectivity index (χ2n) is 17.2. The minimum Gasteiger partial charge on any atom is -0.744 e. The normalized spacial score (nSPS) is 17.9. The summed E-state index contributed by atoms with van der Waals surface area (Å²) < 4.78 is 128. The minimum absolute atomic E-state index is 0.101. The lowest BCUT2D eigenvalue weighted by atomic mass is 9.84. The Kier molecular flexibility index (Phi) is 17.0. The molecule has 3 aliphatic rings. The van der Waals surface area contributed by atoms with Crippen molar-refractivity contribution in [1.29, 1.82) is 0 Å². The van der Waals surface area contributed by atoms with E-state index in [0.717, 1.165) is 82.0 Å². The van der Waals surface area contributed by atoms with Crippen LogP contribution in [-0.4, -0.2) is 62.6 Å². The zero-order chi connectivity index (χ0) is 53.7. The van der Waals surface area contributed by atoms with Crippen LogP contribution < -0.4 is 0 Å². The number of aliphatic carboxylic acids is 1. The molecule has 2 bridgehead atoms. The van der Waals surface area contributed by atoms with Gasteiger partial charge < -0.3 is 9.66 Å². The van der Waals surface area contributed by atoms with Crippen LogP contribution in [0.5, 0.6) is 0 Å². The fourth-order valence-electron chi connectivity index (χ4n) is 8.79. The van der Waals surface area contributed by atoms with E-state index in [1.165, 1.54) is 48.2 Å². The van der Waals surface area contributed by atoms with Crippen molar-refractivity contribution in [2.45, 2.75) is 45.3 Å². The van der Waals surface area contributed by atoms with E-state index < -0.39 is 46.9 Å². The summed E-state index contributed by atoms with van der Waals surface area (Å²) in [4.78, 5) is 16.3. The lowest BCUT2D eigenvalue weighted by molar-refractivity contribution is -0.136. The molecule has 21 heteroatoms. The Morgan fingerprint density at radius 2 is 1.24 bits per heavy atom. The third-order valence-corrected chi connectivity index (χ3v) is 18.2. The number of thioether (sulfide) groups is 2. The molecule has 1 aromatic heterocycles. The van der Waals surface area contributed by atoms with Crippen molar-refractivity contribution >= 4 is 98.3 Å². The van der Waals surface area contributed by atoms with Crippen LogP contribution in [0, 0.1) is 11.8 Å². The van der Waals surface area contributed by atoms with Crippen LogP contribution in [0.2, 0.25) is 0 Å². The molecule has 2 aliphatic carbocycles. The molecule has 0 spiro atoms. The van der Waals surface area contributed by atoms with Gasteiger partial charge in [-0.3, -0.25) is 13.9 Å². The zero-order valence-corrected chi connectivity index (χ0v) is 44.6. The second kappa shape index (κ2) is 23.3. The van der Waals surface area contributed by atoms with Gasteiger partial charge in [0.15, 0.2) is 0 Å². The number of allylic oxidation sites excluding steroid dienone is 8. The first-order valence-corrected chi connectivity index (χ1v) is 30.3. The first-order chi connectivity index (χ1) is 35.6. The van der Waals surface area contributed by atoms with Crippen LogP contribution in [0.3, 0.4) is 0 Å². The summed E-state index contributed by atoms with van der Waals surface area (Å²) in [6.45, 7) is 0. The highest BCUT2D eigenvalue weighted by molar-refractivity contribution is 8.12. The average Bonchev–Trinajstić information content (AvgIpc) is 3.81. The second-order valence-corrected chi connectivity index (χ2v) is 25.1. The first kappa shape index (κ1) is 54.9. The van der Waals surface area contributed by atoms with E-state index in [1.807, 2.05) is 78.9 Å². The molecule has 384 valence electrons. The van der Waals surface area contributed by atoms with Crippen molar-refractivity contribution in [1.82, 2.24) is 0 Å². The largest absolute Gasteiger partial charge is 0.744 e. The monoisotopic (exact) mass is 1140 g/mol. The maximum atomic E-state index is 11.9. The summed E-state index contributed by atoms with van der Waals surface area (Å²) in [7, 11) is -16.6. The summed E-state index contributed by atoms with van der Waals surface area (Å²) in [5, 5.41) is 9.46. The Balaban J connectivity index is 0.00000180.